The summed E-state index contributed by atoms with van der Waals surface area (Å²) < 4.78 is 0. The highest BCUT2D eigenvalue weighted by molar-refractivity contribution is 6.43. The van der Waals surface area contributed by atoms with E-state index in [-0.39, 0.29) is 5.54 Å². The van der Waals surface area contributed by atoms with Crippen LogP contribution < -0.4 is 10.2 Å². The Morgan fingerprint density at radius 2 is 2.00 bits per heavy atom. The van der Waals surface area contributed by atoms with E-state index in [0.717, 1.165) is 44.6 Å². The van der Waals surface area contributed by atoms with Crippen LogP contribution in [0.4, 0.5) is 5.69 Å². The number of hydrogen-bond donors (Lipinski definition) is 1. The third kappa shape index (κ3) is 3.18. The third-order valence-corrected chi connectivity index (χ3v) is 5.03. The molecule has 106 valence electrons. The van der Waals surface area contributed by atoms with Crippen LogP contribution in [0, 0.1) is 0 Å². The summed E-state index contributed by atoms with van der Waals surface area (Å²) in [5.74, 6) is 0. The second kappa shape index (κ2) is 6.34. The van der Waals surface area contributed by atoms with E-state index in [1.54, 1.807) is 0 Å². The van der Waals surface area contributed by atoms with Crippen molar-refractivity contribution in [1.82, 2.24) is 5.32 Å². The Morgan fingerprint density at radius 1 is 1.26 bits per heavy atom. The molecular formula is C15H22Cl2N2. The van der Waals surface area contributed by atoms with E-state index in [2.05, 4.69) is 30.1 Å². The SMILES string of the molecule is CCC1(CC)CN(c2cccc(Cl)c2Cl)CCCN1. The first-order valence-electron chi connectivity index (χ1n) is 7.06. The molecular weight excluding hydrogens is 279 g/mol. The molecule has 2 rings (SSSR count). The van der Waals surface area contributed by atoms with Gasteiger partial charge in [0.25, 0.3) is 0 Å². The quantitative estimate of drug-likeness (QED) is 0.893. The molecule has 0 atom stereocenters. The molecule has 0 aromatic heterocycles. The zero-order valence-corrected chi connectivity index (χ0v) is 13.2. The topological polar surface area (TPSA) is 15.3 Å². The standard InChI is InChI=1S/C15H22Cl2N2/c1-3-15(4-2)11-19(10-6-9-18-15)13-8-5-7-12(16)14(13)17/h5,7-8,18H,3-4,6,9-11H2,1-2H3. The molecule has 1 heterocycles. The minimum atomic E-state index is 0.183. The van der Waals surface area contributed by atoms with Crippen molar-refractivity contribution < 1.29 is 0 Å². The van der Waals surface area contributed by atoms with Gasteiger partial charge in [0.15, 0.2) is 0 Å². The Kier molecular flexibility index (Phi) is 4.99. The van der Waals surface area contributed by atoms with Gasteiger partial charge in [0.2, 0.25) is 0 Å². The van der Waals surface area contributed by atoms with Crippen LogP contribution in [0.2, 0.25) is 10.0 Å². The monoisotopic (exact) mass is 300 g/mol. The van der Waals surface area contributed by atoms with Crippen molar-refractivity contribution in [3.63, 3.8) is 0 Å². The fraction of sp³-hybridized carbons (Fsp3) is 0.600. The minimum absolute atomic E-state index is 0.183. The average molecular weight is 301 g/mol. The van der Waals surface area contributed by atoms with E-state index >= 15 is 0 Å². The molecule has 0 aliphatic carbocycles. The van der Waals surface area contributed by atoms with Gasteiger partial charge in [-0.3, -0.25) is 0 Å². The number of rotatable bonds is 3. The lowest BCUT2D eigenvalue weighted by Gasteiger charge is -2.36. The Balaban J connectivity index is 2.30. The van der Waals surface area contributed by atoms with E-state index in [0.29, 0.717) is 10.0 Å². The van der Waals surface area contributed by atoms with E-state index in [1.807, 2.05) is 12.1 Å². The number of halogens is 2. The lowest BCUT2D eigenvalue weighted by atomic mass is 9.92. The second-order valence-electron chi connectivity index (χ2n) is 5.26. The zero-order chi connectivity index (χ0) is 13.9. The second-order valence-corrected chi connectivity index (χ2v) is 6.05. The maximum absolute atomic E-state index is 6.37. The summed E-state index contributed by atoms with van der Waals surface area (Å²) in [6.45, 7) is 7.57. The Labute approximate surface area is 126 Å². The van der Waals surface area contributed by atoms with Crippen LogP contribution in [0.25, 0.3) is 0 Å². The smallest absolute Gasteiger partial charge is 0.0825 e. The normalized spacial score (nSPS) is 19.3. The van der Waals surface area contributed by atoms with E-state index in [1.165, 1.54) is 0 Å². The molecule has 1 saturated heterocycles. The van der Waals surface area contributed by atoms with Crippen LogP contribution in [-0.2, 0) is 0 Å². The predicted molar refractivity (Wildman–Crippen MR) is 84.6 cm³/mol. The van der Waals surface area contributed by atoms with Crippen molar-refractivity contribution in [3.8, 4) is 0 Å². The molecule has 0 spiro atoms. The van der Waals surface area contributed by atoms with Gasteiger partial charge in [-0.15, -0.1) is 0 Å². The van der Waals surface area contributed by atoms with Gasteiger partial charge >= 0.3 is 0 Å². The van der Waals surface area contributed by atoms with Gasteiger partial charge in [0.1, 0.15) is 0 Å². The molecule has 1 aromatic rings. The molecule has 0 radical (unpaired) electrons. The van der Waals surface area contributed by atoms with E-state index < -0.39 is 0 Å². The molecule has 19 heavy (non-hydrogen) atoms. The Morgan fingerprint density at radius 3 is 2.68 bits per heavy atom. The summed E-state index contributed by atoms with van der Waals surface area (Å²) in [7, 11) is 0. The molecule has 1 aliphatic rings. The average Bonchev–Trinajstić information content (AvgIpc) is 2.65. The summed E-state index contributed by atoms with van der Waals surface area (Å²) >= 11 is 12.5. The van der Waals surface area contributed by atoms with Crippen molar-refractivity contribution in [2.24, 2.45) is 0 Å². The van der Waals surface area contributed by atoms with Gasteiger partial charge in [-0.2, -0.15) is 0 Å². The van der Waals surface area contributed by atoms with Crippen LogP contribution >= 0.6 is 23.2 Å². The molecule has 0 amide bonds. The summed E-state index contributed by atoms with van der Waals surface area (Å²) in [4.78, 5) is 2.38. The highest BCUT2D eigenvalue weighted by Gasteiger charge is 2.31. The van der Waals surface area contributed by atoms with Crippen LogP contribution in [0.15, 0.2) is 18.2 Å². The fourth-order valence-electron chi connectivity index (χ4n) is 2.79. The van der Waals surface area contributed by atoms with Crippen LogP contribution in [0.3, 0.4) is 0 Å². The fourth-order valence-corrected chi connectivity index (χ4v) is 3.20. The largest absolute Gasteiger partial charge is 0.368 e. The highest BCUT2D eigenvalue weighted by Crippen LogP contribution is 2.34. The van der Waals surface area contributed by atoms with Gasteiger partial charge in [-0.1, -0.05) is 43.1 Å². The number of hydrogen-bond acceptors (Lipinski definition) is 2. The van der Waals surface area contributed by atoms with Crippen LogP contribution in [-0.4, -0.2) is 25.2 Å². The van der Waals surface area contributed by atoms with Crippen molar-refractivity contribution in [1.29, 1.82) is 0 Å². The molecule has 0 unspecified atom stereocenters. The zero-order valence-electron chi connectivity index (χ0n) is 11.7. The van der Waals surface area contributed by atoms with Crippen molar-refractivity contribution in [2.75, 3.05) is 24.5 Å². The summed E-state index contributed by atoms with van der Waals surface area (Å²) in [6, 6.07) is 5.88. The van der Waals surface area contributed by atoms with Gasteiger partial charge in [0, 0.05) is 18.6 Å². The van der Waals surface area contributed by atoms with Gasteiger partial charge in [-0.05, 0) is 37.9 Å². The van der Waals surface area contributed by atoms with Crippen molar-refractivity contribution in [3.05, 3.63) is 28.2 Å². The maximum atomic E-state index is 6.37. The lowest BCUT2D eigenvalue weighted by Crippen LogP contribution is -2.50. The summed E-state index contributed by atoms with van der Waals surface area (Å²) in [5, 5.41) is 5.02. The molecule has 1 aromatic carbocycles. The highest BCUT2D eigenvalue weighted by atomic mass is 35.5. The van der Waals surface area contributed by atoms with Crippen LogP contribution in [0.1, 0.15) is 33.1 Å². The Bertz CT molecular complexity index is 430. The number of anilines is 1. The molecule has 4 heteroatoms. The number of nitrogens with zero attached hydrogens (tertiary/aromatic N) is 1. The number of nitrogens with one attached hydrogen (secondary N) is 1. The van der Waals surface area contributed by atoms with Gasteiger partial charge < -0.3 is 10.2 Å². The van der Waals surface area contributed by atoms with Gasteiger partial charge in [-0.25, -0.2) is 0 Å². The first-order valence-corrected chi connectivity index (χ1v) is 7.81. The predicted octanol–water partition coefficient (Wildman–Crippen LogP) is 4.35. The maximum Gasteiger partial charge on any atom is 0.0825 e. The van der Waals surface area contributed by atoms with Crippen LogP contribution in [0.5, 0.6) is 0 Å². The van der Waals surface area contributed by atoms with Gasteiger partial charge in [0.05, 0.1) is 15.7 Å². The molecule has 0 saturated carbocycles. The van der Waals surface area contributed by atoms with E-state index in [9.17, 15) is 0 Å². The molecule has 1 fully saturated rings. The molecule has 1 N–H and O–H groups in total. The molecule has 2 nitrogen and oxygen atoms in total. The first-order chi connectivity index (χ1) is 9.12. The summed E-state index contributed by atoms with van der Waals surface area (Å²) in [6.07, 6.45) is 3.38. The third-order valence-electron chi connectivity index (χ3n) is 4.22. The lowest BCUT2D eigenvalue weighted by molar-refractivity contribution is 0.321. The minimum Gasteiger partial charge on any atom is -0.368 e. The summed E-state index contributed by atoms with van der Waals surface area (Å²) in [5.41, 5.74) is 1.24. The molecule has 1 aliphatic heterocycles. The Hall–Kier alpha value is -0.440. The van der Waals surface area contributed by atoms with Crippen molar-refractivity contribution in [2.45, 2.75) is 38.6 Å². The first kappa shape index (κ1) is 15.0. The number of benzene rings is 1. The van der Waals surface area contributed by atoms with E-state index in [4.69, 9.17) is 23.2 Å². The molecule has 0 bridgehead atoms. The van der Waals surface area contributed by atoms with Crippen molar-refractivity contribution >= 4 is 28.9 Å².